The Morgan fingerprint density at radius 3 is 2.62 bits per heavy atom. The SMILES string of the molecule is Cc1c(C2=N/C(=C\c3ccccc3OCc3ccccc3F)C(=O)O2)cccc1[N+](=O)[O-]. The fourth-order valence-corrected chi connectivity index (χ4v) is 3.23. The number of nitrogens with zero attached hydrogens (tertiary/aromatic N) is 2. The second-order valence-electron chi connectivity index (χ2n) is 6.96. The lowest BCUT2D eigenvalue weighted by Gasteiger charge is -2.10. The lowest BCUT2D eigenvalue weighted by atomic mass is 10.1. The smallest absolute Gasteiger partial charge is 0.363 e. The maximum absolute atomic E-state index is 13.9. The van der Waals surface area contributed by atoms with Gasteiger partial charge in [0.1, 0.15) is 18.2 Å². The van der Waals surface area contributed by atoms with E-state index in [1.165, 1.54) is 24.3 Å². The molecule has 0 saturated carbocycles. The molecule has 0 N–H and O–H groups in total. The third-order valence-corrected chi connectivity index (χ3v) is 4.91. The minimum Gasteiger partial charge on any atom is -0.488 e. The molecule has 160 valence electrons. The Kier molecular flexibility index (Phi) is 5.76. The summed E-state index contributed by atoms with van der Waals surface area (Å²) in [6.45, 7) is 1.58. The van der Waals surface area contributed by atoms with Crippen molar-refractivity contribution in [3.05, 3.63) is 111 Å². The zero-order valence-electron chi connectivity index (χ0n) is 16.9. The van der Waals surface area contributed by atoms with Crippen molar-refractivity contribution in [1.82, 2.24) is 0 Å². The van der Waals surface area contributed by atoms with Gasteiger partial charge in [-0.2, -0.15) is 0 Å². The third kappa shape index (κ3) is 4.24. The van der Waals surface area contributed by atoms with Gasteiger partial charge in [0.2, 0.25) is 5.90 Å². The van der Waals surface area contributed by atoms with E-state index in [-0.39, 0.29) is 29.7 Å². The molecular formula is C24H17FN2O5. The molecule has 0 aromatic heterocycles. The number of carbonyl (C=O) groups excluding carboxylic acids is 1. The van der Waals surface area contributed by atoms with Gasteiger partial charge >= 0.3 is 5.97 Å². The van der Waals surface area contributed by atoms with E-state index in [1.807, 2.05) is 0 Å². The maximum Gasteiger partial charge on any atom is 0.363 e. The number of hydrogen-bond donors (Lipinski definition) is 0. The first-order chi connectivity index (χ1) is 15.4. The van der Waals surface area contributed by atoms with Crippen LogP contribution in [-0.4, -0.2) is 16.8 Å². The summed E-state index contributed by atoms with van der Waals surface area (Å²) in [6, 6.07) is 17.7. The molecule has 1 heterocycles. The fraction of sp³-hybridized carbons (Fsp3) is 0.0833. The van der Waals surface area contributed by atoms with Crippen molar-refractivity contribution < 1.29 is 23.6 Å². The highest BCUT2D eigenvalue weighted by atomic mass is 19.1. The van der Waals surface area contributed by atoms with Crippen LogP contribution in [0.15, 0.2) is 77.4 Å². The standard InChI is InChI=1S/C24H17FN2O5/c1-15-18(9-6-11-21(15)27(29)30)23-26-20(24(28)32-23)13-16-7-3-5-12-22(16)31-14-17-8-2-4-10-19(17)25/h2-13H,14H2,1H3/b20-13-. The number of nitro groups is 1. The number of rotatable bonds is 6. The number of hydrogen-bond acceptors (Lipinski definition) is 6. The Morgan fingerprint density at radius 1 is 1.09 bits per heavy atom. The Hall–Kier alpha value is -4.33. The van der Waals surface area contributed by atoms with E-state index in [4.69, 9.17) is 9.47 Å². The lowest BCUT2D eigenvalue weighted by Crippen LogP contribution is -2.08. The van der Waals surface area contributed by atoms with Gasteiger partial charge in [-0.3, -0.25) is 10.1 Å². The molecule has 0 aliphatic carbocycles. The van der Waals surface area contributed by atoms with Gasteiger partial charge in [-0.15, -0.1) is 0 Å². The molecule has 8 heteroatoms. The third-order valence-electron chi connectivity index (χ3n) is 4.91. The summed E-state index contributed by atoms with van der Waals surface area (Å²) in [6.07, 6.45) is 1.50. The van der Waals surface area contributed by atoms with Crippen molar-refractivity contribution >= 4 is 23.6 Å². The summed E-state index contributed by atoms with van der Waals surface area (Å²) in [5, 5.41) is 11.2. The molecule has 0 amide bonds. The first-order valence-electron chi connectivity index (χ1n) is 9.66. The number of benzene rings is 3. The van der Waals surface area contributed by atoms with Crippen molar-refractivity contribution in [2.45, 2.75) is 13.5 Å². The van der Waals surface area contributed by atoms with Gasteiger partial charge in [0.25, 0.3) is 5.69 Å². The van der Waals surface area contributed by atoms with Gasteiger partial charge in [-0.1, -0.05) is 42.5 Å². The summed E-state index contributed by atoms with van der Waals surface area (Å²) in [4.78, 5) is 27.3. The van der Waals surface area contributed by atoms with E-state index < -0.39 is 10.9 Å². The van der Waals surface area contributed by atoms with Crippen LogP contribution in [0, 0.1) is 22.9 Å². The topological polar surface area (TPSA) is 91.0 Å². The maximum atomic E-state index is 13.9. The second kappa shape index (κ2) is 8.81. The first kappa shape index (κ1) is 20.9. The highest BCUT2D eigenvalue weighted by Crippen LogP contribution is 2.28. The van der Waals surface area contributed by atoms with E-state index >= 15 is 0 Å². The van der Waals surface area contributed by atoms with Crippen LogP contribution in [0.3, 0.4) is 0 Å². The normalized spacial score (nSPS) is 14.2. The van der Waals surface area contributed by atoms with E-state index in [2.05, 4.69) is 4.99 Å². The summed E-state index contributed by atoms with van der Waals surface area (Å²) in [5.74, 6) is -0.627. The molecule has 3 aromatic rings. The minimum atomic E-state index is -0.685. The number of esters is 1. The Morgan fingerprint density at radius 2 is 1.84 bits per heavy atom. The monoisotopic (exact) mass is 432 g/mol. The van der Waals surface area contributed by atoms with Crippen LogP contribution in [0.5, 0.6) is 5.75 Å². The highest BCUT2D eigenvalue weighted by Gasteiger charge is 2.27. The van der Waals surface area contributed by atoms with Crippen LogP contribution in [-0.2, 0) is 16.1 Å². The van der Waals surface area contributed by atoms with E-state index in [1.54, 1.807) is 55.5 Å². The Bertz CT molecular complexity index is 1280. The lowest BCUT2D eigenvalue weighted by molar-refractivity contribution is -0.385. The van der Waals surface area contributed by atoms with Crippen molar-refractivity contribution in [3.63, 3.8) is 0 Å². The van der Waals surface area contributed by atoms with Crippen LogP contribution in [0.25, 0.3) is 6.08 Å². The molecule has 4 rings (SSSR count). The molecule has 0 spiro atoms. The van der Waals surface area contributed by atoms with Crippen LogP contribution in [0.1, 0.15) is 22.3 Å². The van der Waals surface area contributed by atoms with E-state index in [0.717, 1.165) is 0 Å². The second-order valence-corrected chi connectivity index (χ2v) is 6.96. The average Bonchev–Trinajstić information content (AvgIpc) is 3.14. The van der Waals surface area contributed by atoms with E-state index in [0.29, 0.717) is 28.0 Å². The highest BCUT2D eigenvalue weighted by molar-refractivity contribution is 6.13. The number of cyclic esters (lactones) is 1. The molecule has 32 heavy (non-hydrogen) atoms. The van der Waals surface area contributed by atoms with Crippen molar-refractivity contribution in [2.24, 2.45) is 4.99 Å². The van der Waals surface area contributed by atoms with E-state index in [9.17, 15) is 19.3 Å². The number of aliphatic imine (C=N–C) groups is 1. The largest absolute Gasteiger partial charge is 0.488 e. The quantitative estimate of drug-likeness (QED) is 0.237. The molecular weight excluding hydrogens is 415 g/mol. The molecule has 0 atom stereocenters. The molecule has 3 aromatic carbocycles. The predicted octanol–water partition coefficient (Wildman–Crippen LogP) is 4.97. The number of carbonyl (C=O) groups is 1. The van der Waals surface area contributed by atoms with Crippen molar-refractivity contribution in [3.8, 4) is 5.75 Å². The van der Waals surface area contributed by atoms with Crippen LogP contribution < -0.4 is 4.74 Å². The molecule has 0 saturated heterocycles. The van der Waals surface area contributed by atoms with Gasteiger partial charge in [-0.25, -0.2) is 14.2 Å². The summed E-state index contributed by atoms with van der Waals surface area (Å²) >= 11 is 0. The average molecular weight is 432 g/mol. The van der Waals surface area contributed by atoms with Crippen LogP contribution >= 0.6 is 0 Å². The van der Waals surface area contributed by atoms with Gasteiger partial charge < -0.3 is 9.47 Å². The van der Waals surface area contributed by atoms with Crippen LogP contribution in [0.4, 0.5) is 10.1 Å². The van der Waals surface area contributed by atoms with Gasteiger partial charge in [0, 0.05) is 28.3 Å². The van der Waals surface area contributed by atoms with Gasteiger partial charge in [0.15, 0.2) is 5.70 Å². The fourth-order valence-electron chi connectivity index (χ4n) is 3.23. The molecule has 7 nitrogen and oxygen atoms in total. The predicted molar refractivity (Wildman–Crippen MR) is 116 cm³/mol. The van der Waals surface area contributed by atoms with Gasteiger partial charge in [0.05, 0.1) is 4.92 Å². The number of halogens is 1. The zero-order valence-corrected chi connectivity index (χ0v) is 16.9. The first-order valence-corrected chi connectivity index (χ1v) is 9.66. The zero-order chi connectivity index (χ0) is 22.7. The number of ether oxygens (including phenoxy) is 2. The van der Waals surface area contributed by atoms with Crippen molar-refractivity contribution in [1.29, 1.82) is 0 Å². The van der Waals surface area contributed by atoms with Gasteiger partial charge in [-0.05, 0) is 31.2 Å². The summed E-state index contributed by atoms with van der Waals surface area (Å²) in [5.41, 5.74) is 1.59. The number of para-hydroxylation sites is 1. The molecule has 0 radical (unpaired) electrons. The molecule has 0 unspecified atom stereocenters. The number of nitro benzene ring substituents is 1. The summed E-state index contributed by atoms with van der Waals surface area (Å²) < 4.78 is 24.9. The molecule has 0 fully saturated rings. The van der Waals surface area contributed by atoms with Crippen molar-refractivity contribution in [2.75, 3.05) is 0 Å². The molecule has 1 aliphatic heterocycles. The minimum absolute atomic E-state index is 0.00722. The Balaban J connectivity index is 1.63. The summed E-state index contributed by atoms with van der Waals surface area (Å²) in [7, 11) is 0. The molecule has 1 aliphatic rings. The molecule has 0 bridgehead atoms. The van der Waals surface area contributed by atoms with Crippen LogP contribution in [0.2, 0.25) is 0 Å². The Labute approximate surface area is 182 Å².